The molecule has 0 aliphatic carbocycles. The lowest BCUT2D eigenvalue weighted by molar-refractivity contribution is 0.570. The quantitative estimate of drug-likeness (QED) is 0.154. The van der Waals surface area contributed by atoms with Gasteiger partial charge in [-0.25, -0.2) is 0 Å². The van der Waals surface area contributed by atoms with Crippen LogP contribution in [-0.4, -0.2) is 0 Å². The molecule has 5 aromatic carbocycles. The Kier molecular flexibility index (Phi) is 9.48. The summed E-state index contributed by atoms with van der Waals surface area (Å²) in [7, 11) is -3.41. The van der Waals surface area contributed by atoms with Crippen LogP contribution >= 0.6 is 7.14 Å². The Morgan fingerprint density at radius 2 is 0.932 bits per heavy atom. The van der Waals surface area contributed by atoms with E-state index in [1.54, 1.807) is 0 Å². The third-order valence-electron chi connectivity index (χ3n) is 9.34. The van der Waals surface area contributed by atoms with Crippen molar-refractivity contribution in [2.24, 2.45) is 0 Å². The van der Waals surface area contributed by atoms with E-state index in [2.05, 4.69) is 159 Å². The fraction of sp³-hybridized carbons (Fsp3) is 0.286. The number of aryl methyl sites for hydroxylation is 8. The van der Waals surface area contributed by atoms with Crippen molar-refractivity contribution in [3.8, 4) is 0 Å². The fourth-order valence-electron chi connectivity index (χ4n) is 7.56. The van der Waals surface area contributed by atoms with Gasteiger partial charge in [0.25, 0.3) is 0 Å². The largest absolute Gasteiger partial charge is 0.317 e. The van der Waals surface area contributed by atoms with Gasteiger partial charge in [-0.05, 0) is 116 Å². The van der Waals surface area contributed by atoms with Crippen molar-refractivity contribution in [3.05, 3.63) is 170 Å². The Labute approximate surface area is 265 Å². The van der Waals surface area contributed by atoms with Gasteiger partial charge in [-0.15, -0.1) is 0 Å². The SMILES string of the molecule is CCc1ccc(CC)c(P(=O)(C(c2ccccc2)c2c(C)cc(C)cc2C)C(c2ccccc2)c2c(C)cc(C)cc2C)c1. The lowest BCUT2D eigenvalue weighted by atomic mass is 9.93. The highest BCUT2D eigenvalue weighted by atomic mass is 31.2. The zero-order chi connectivity index (χ0) is 31.6. The van der Waals surface area contributed by atoms with Crippen LogP contribution in [0.4, 0.5) is 0 Å². The second-order valence-corrected chi connectivity index (χ2v) is 15.6. The first-order chi connectivity index (χ1) is 21.1. The molecule has 0 heterocycles. The maximum atomic E-state index is 17.4. The number of hydrogen-bond acceptors (Lipinski definition) is 1. The average molecular weight is 599 g/mol. The van der Waals surface area contributed by atoms with Gasteiger partial charge >= 0.3 is 0 Å². The van der Waals surface area contributed by atoms with E-state index in [0.29, 0.717) is 0 Å². The van der Waals surface area contributed by atoms with E-state index in [-0.39, 0.29) is 11.3 Å². The Morgan fingerprint density at radius 1 is 0.523 bits per heavy atom. The summed E-state index contributed by atoms with van der Waals surface area (Å²) in [5.74, 6) is 0. The highest BCUT2D eigenvalue weighted by Crippen LogP contribution is 2.73. The smallest absolute Gasteiger partial charge is 0.138 e. The van der Waals surface area contributed by atoms with Crippen molar-refractivity contribution >= 4 is 12.4 Å². The van der Waals surface area contributed by atoms with E-state index in [0.717, 1.165) is 29.3 Å². The molecule has 0 spiro atoms. The Morgan fingerprint density at radius 3 is 1.30 bits per heavy atom. The molecule has 0 N–H and O–H groups in total. The Balaban J connectivity index is 2.04. The summed E-state index contributed by atoms with van der Waals surface area (Å²) in [6.07, 6.45) is 1.72. The molecule has 0 aliphatic heterocycles. The summed E-state index contributed by atoms with van der Waals surface area (Å²) in [5.41, 5.74) is 13.6. The van der Waals surface area contributed by atoms with Crippen LogP contribution in [0, 0.1) is 41.5 Å². The first-order valence-electron chi connectivity index (χ1n) is 16.1. The maximum absolute atomic E-state index is 17.4. The lowest BCUT2D eigenvalue weighted by Gasteiger charge is -2.39. The Bertz CT molecular complexity index is 1670. The van der Waals surface area contributed by atoms with Gasteiger partial charge in [0, 0.05) is 5.30 Å². The van der Waals surface area contributed by atoms with E-state index in [1.807, 2.05) is 0 Å². The zero-order valence-corrected chi connectivity index (χ0v) is 28.6. The molecular weight excluding hydrogens is 551 g/mol. The highest BCUT2D eigenvalue weighted by molar-refractivity contribution is 7.72. The Hall–Kier alpha value is -3.67. The summed E-state index contributed by atoms with van der Waals surface area (Å²) in [6.45, 7) is 17.5. The number of rotatable bonds is 9. The molecule has 2 unspecified atom stereocenters. The van der Waals surface area contributed by atoms with Gasteiger partial charge in [-0.2, -0.15) is 0 Å². The van der Waals surface area contributed by atoms with Crippen molar-refractivity contribution in [1.29, 1.82) is 0 Å². The minimum atomic E-state index is -3.41. The van der Waals surface area contributed by atoms with Crippen LogP contribution in [-0.2, 0) is 17.4 Å². The molecule has 0 saturated heterocycles. The third kappa shape index (κ3) is 5.88. The monoisotopic (exact) mass is 598 g/mol. The second kappa shape index (κ2) is 13.1. The molecule has 1 nitrogen and oxygen atoms in total. The van der Waals surface area contributed by atoms with Crippen LogP contribution in [0.15, 0.2) is 103 Å². The van der Waals surface area contributed by atoms with E-state index in [4.69, 9.17) is 0 Å². The minimum Gasteiger partial charge on any atom is -0.317 e. The number of benzene rings is 5. The fourth-order valence-corrected chi connectivity index (χ4v) is 12.3. The molecule has 226 valence electrons. The van der Waals surface area contributed by atoms with Crippen molar-refractivity contribution < 1.29 is 4.57 Å². The molecule has 44 heavy (non-hydrogen) atoms. The third-order valence-corrected chi connectivity index (χ3v) is 13.2. The first-order valence-corrected chi connectivity index (χ1v) is 17.9. The second-order valence-electron chi connectivity index (χ2n) is 12.6. The zero-order valence-electron chi connectivity index (χ0n) is 27.7. The summed E-state index contributed by atoms with van der Waals surface area (Å²) >= 11 is 0. The molecule has 0 aliphatic rings. The van der Waals surface area contributed by atoms with Crippen molar-refractivity contribution in [2.45, 2.75) is 79.5 Å². The molecule has 2 atom stereocenters. The van der Waals surface area contributed by atoms with Crippen molar-refractivity contribution in [3.63, 3.8) is 0 Å². The van der Waals surface area contributed by atoms with Gasteiger partial charge in [-0.1, -0.05) is 122 Å². The van der Waals surface area contributed by atoms with E-state index >= 15 is 4.57 Å². The molecule has 0 radical (unpaired) electrons. The average Bonchev–Trinajstić information content (AvgIpc) is 3.00. The topological polar surface area (TPSA) is 17.1 Å². The van der Waals surface area contributed by atoms with Crippen LogP contribution in [0.3, 0.4) is 0 Å². The van der Waals surface area contributed by atoms with Crippen molar-refractivity contribution in [2.75, 3.05) is 0 Å². The van der Waals surface area contributed by atoms with Gasteiger partial charge < -0.3 is 4.57 Å². The predicted octanol–water partition coefficient (Wildman–Crippen LogP) is 11.2. The minimum absolute atomic E-state index is 0.327. The van der Waals surface area contributed by atoms with Gasteiger partial charge in [0.05, 0.1) is 11.3 Å². The molecule has 5 aromatic rings. The van der Waals surface area contributed by atoms with E-state index < -0.39 is 7.14 Å². The lowest BCUT2D eigenvalue weighted by Crippen LogP contribution is -2.25. The van der Waals surface area contributed by atoms with E-state index in [1.165, 1.54) is 55.6 Å². The standard InChI is InChI=1S/C42H47OP/c1-9-34-21-22-35(10-2)38(27-34)44(43,41(36-17-13-11-14-18-36)39-30(5)23-28(3)24-31(39)6)42(37-19-15-12-16-20-37)40-32(7)25-29(4)26-33(40)8/h11-27,41-42H,9-10H2,1-8H3. The van der Waals surface area contributed by atoms with E-state index in [9.17, 15) is 0 Å². The number of hydrogen-bond donors (Lipinski definition) is 0. The molecular formula is C42H47OP. The van der Waals surface area contributed by atoms with Crippen LogP contribution in [0.2, 0.25) is 0 Å². The van der Waals surface area contributed by atoms with Gasteiger partial charge in [-0.3, -0.25) is 0 Å². The summed E-state index contributed by atoms with van der Waals surface area (Å²) < 4.78 is 17.4. The van der Waals surface area contributed by atoms with Crippen LogP contribution in [0.5, 0.6) is 0 Å². The van der Waals surface area contributed by atoms with Crippen molar-refractivity contribution in [1.82, 2.24) is 0 Å². The molecule has 0 amide bonds. The first kappa shape index (κ1) is 31.7. The van der Waals surface area contributed by atoms with Gasteiger partial charge in [0.15, 0.2) is 0 Å². The normalized spacial score (nSPS) is 14.2. The van der Waals surface area contributed by atoms with Crippen LogP contribution in [0.25, 0.3) is 0 Å². The molecule has 0 aromatic heterocycles. The molecule has 2 heteroatoms. The summed E-state index contributed by atoms with van der Waals surface area (Å²) in [4.78, 5) is 0. The van der Waals surface area contributed by atoms with Gasteiger partial charge in [0.1, 0.15) is 7.14 Å². The highest BCUT2D eigenvalue weighted by Gasteiger charge is 2.48. The summed E-state index contributed by atoms with van der Waals surface area (Å²) in [6, 6.07) is 37.2. The maximum Gasteiger partial charge on any atom is 0.138 e. The summed E-state index contributed by atoms with van der Waals surface area (Å²) in [5, 5.41) is 1.03. The van der Waals surface area contributed by atoms with Gasteiger partial charge in [0.2, 0.25) is 0 Å². The molecule has 0 saturated carbocycles. The molecule has 0 fully saturated rings. The molecule has 5 rings (SSSR count). The predicted molar refractivity (Wildman–Crippen MR) is 190 cm³/mol. The van der Waals surface area contributed by atoms with Crippen LogP contribution in [0.1, 0.15) is 91.9 Å². The molecule has 0 bridgehead atoms. The van der Waals surface area contributed by atoms with Crippen LogP contribution < -0.4 is 5.30 Å².